The monoisotopic (exact) mass is 286 g/mol. The highest BCUT2D eigenvalue weighted by molar-refractivity contribution is 5.84. The fraction of sp³-hybridized carbons (Fsp3) is 0.471. The number of benzene rings is 1. The van der Waals surface area contributed by atoms with Crippen molar-refractivity contribution in [3.63, 3.8) is 0 Å². The van der Waals surface area contributed by atoms with E-state index in [1.54, 1.807) is 14.2 Å². The van der Waals surface area contributed by atoms with Gasteiger partial charge in [-0.3, -0.25) is 0 Å². The number of hydrogen-bond donors (Lipinski definition) is 1. The highest BCUT2D eigenvalue weighted by atomic mass is 16.5. The molecule has 21 heavy (non-hydrogen) atoms. The Bertz CT molecular complexity index is 615. The second kappa shape index (κ2) is 6.41. The van der Waals surface area contributed by atoms with Gasteiger partial charge in [0.2, 0.25) is 0 Å². The predicted octanol–water partition coefficient (Wildman–Crippen LogP) is 2.90. The summed E-state index contributed by atoms with van der Waals surface area (Å²) in [5, 5.41) is 4.68. The maximum absolute atomic E-state index is 5.52. The first kappa shape index (κ1) is 14.3. The molecule has 1 aliphatic rings. The minimum atomic E-state index is 0.333. The van der Waals surface area contributed by atoms with Crippen molar-refractivity contribution < 1.29 is 9.47 Å². The molecule has 0 saturated heterocycles. The number of methoxy groups -OCH3 is 2. The van der Waals surface area contributed by atoms with Crippen molar-refractivity contribution in [2.75, 3.05) is 14.2 Å². The summed E-state index contributed by atoms with van der Waals surface area (Å²) < 4.78 is 10.9. The van der Waals surface area contributed by atoms with E-state index in [2.05, 4.69) is 23.5 Å². The predicted molar refractivity (Wildman–Crippen MR) is 83.6 cm³/mol. The standard InChI is InChI=1S/C17H22N2O2/c1-20-15-7-4-6-14(15)18-11-13-10-9-12-5-3-8-16(21-2)17(12)19-13/h3,5,8-10,14-15,18H,4,6-7,11H2,1-2H3. The van der Waals surface area contributed by atoms with Crippen molar-refractivity contribution in [3.05, 3.63) is 36.0 Å². The maximum Gasteiger partial charge on any atom is 0.145 e. The smallest absolute Gasteiger partial charge is 0.145 e. The van der Waals surface area contributed by atoms with E-state index in [0.29, 0.717) is 12.1 Å². The number of hydrogen-bond acceptors (Lipinski definition) is 4. The lowest BCUT2D eigenvalue weighted by atomic mass is 10.1. The molecule has 0 radical (unpaired) electrons. The number of aromatic nitrogens is 1. The molecule has 1 aromatic heterocycles. The first-order valence-corrected chi connectivity index (χ1v) is 7.50. The van der Waals surface area contributed by atoms with Crippen molar-refractivity contribution in [1.82, 2.24) is 10.3 Å². The highest BCUT2D eigenvalue weighted by Crippen LogP contribution is 2.24. The van der Waals surface area contributed by atoms with Crippen LogP contribution in [0.15, 0.2) is 30.3 Å². The molecule has 1 aliphatic carbocycles. The molecule has 1 N–H and O–H groups in total. The number of nitrogens with one attached hydrogen (secondary N) is 1. The molecule has 4 nitrogen and oxygen atoms in total. The van der Waals surface area contributed by atoms with Gasteiger partial charge >= 0.3 is 0 Å². The van der Waals surface area contributed by atoms with Gasteiger partial charge in [-0.1, -0.05) is 18.2 Å². The zero-order chi connectivity index (χ0) is 14.7. The fourth-order valence-corrected chi connectivity index (χ4v) is 3.10. The Kier molecular flexibility index (Phi) is 4.36. The van der Waals surface area contributed by atoms with Gasteiger partial charge in [-0.2, -0.15) is 0 Å². The molecule has 1 aromatic carbocycles. The summed E-state index contributed by atoms with van der Waals surface area (Å²) in [6, 6.07) is 10.6. The molecule has 1 saturated carbocycles. The zero-order valence-corrected chi connectivity index (χ0v) is 12.6. The summed E-state index contributed by atoms with van der Waals surface area (Å²) in [5.41, 5.74) is 1.96. The lowest BCUT2D eigenvalue weighted by Gasteiger charge is -2.19. The molecule has 3 rings (SSSR count). The van der Waals surface area contributed by atoms with Gasteiger partial charge in [0.25, 0.3) is 0 Å². The fourth-order valence-electron chi connectivity index (χ4n) is 3.10. The van der Waals surface area contributed by atoms with Crippen LogP contribution in [0.1, 0.15) is 25.0 Å². The van der Waals surface area contributed by atoms with Gasteiger partial charge in [-0.15, -0.1) is 0 Å². The van der Waals surface area contributed by atoms with E-state index in [0.717, 1.165) is 35.3 Å². The molecule has 4 heteroatoms. The van der Waals surface area contributed by atoms with Gasteiger partial charge in [0.1, 0.15) is 11.3 Å². The molecule has 2 unspecified atom stereocenters. The second-order valence-corrected chi connectivity index (χ2v) is 5.53. The largest absolute Gasteiger partial charge is 0.494 e. The van der Waals surface area contributed by atoms with Crippen molar-refractivity contribution >= 4 is 10.9 Å². The Morgan fingerprint density at radius 3 is 2.90 bits per heavy atom. The van der Waals surface area contributed by atoms with Crippen molar-refractivity contribution in [2.24, 2.45) is 0 Å². The number of nitrogens with zero attached hydrogens (tertiary/aromatic N) is 1. The molecule has 112 valence electrons. The van der Waals surface area contributed by atoms with Gasteiger partial charge in [-0.25, -0.2) is 4.98 Å². The number of para-hydroxylation sites is 1. The normalized spacial score (nSPS) is 21.8. The van der Waals surface area contributed by atoms with Gasteiger partial charge in [0.15, 0.2) is 0 Å². The second-order valence-electron chi connectivity index (χ2n) is 5.53. The Morgan fingerprint density at radius 1 is 1.19 bits per heavy atom. The molecule has 1 fully saturated rings. The van der Waals surface area contributed by atoms with Crippen LogP contribution in [0.2, 0.25) is 0 Å². The van der Waals surface area contributed by atoms with Crippen LogP contribution in [0.4, 0.5) is 0 Å². The first-order chi connectivity index (χ1) is 10.3. The van der Waals surface area contributed by atoms with Crippen LogP contribution in [0.3, 0.4) is 0 Å². The molecule has 0 bridgehead atoms. The quantitative estimate of drug-likeness (QED) is 0.918. The number of fused-ring (bicyclic) bond motifs is 1. The Morgan fingerprint density at radius 2 is 2.10 bits per heavy atom. The SMILES string of the molecule is COc1cccc2ccc(CNC3CCCC3OC)nc12. The van der Waals surface area contributed by atoms with Crippen LogP contribution in [0, 0.1) is 0 Å². The summed E-state index contributed by atoms with van der Waals surface area (Å²) >= 11 is 0. The zero-order valence-electron chi connectivity index (χ0n) is 12.6. The van der Waals surface area contributed by atoms with E-state index in [1.165, 1.54) is 12.8 Å². The molecule has 0 spiro atoms. The van der Waals surface area contributed by atoms with Crippen molar-refractivity contribution in [2.45, 2.75) is 38.0 Å². The van der Waals surface area contributed by atoms with Gasteiger partial charge < -0.3 is 14.8 Å². The average molecular weight is 286 g/mol. The van der Waals surface area contributed by atoms with E-state index in [4.69, 9.17) is 14.5 Å². The third kappa shape index (κ3) is 3.01. The minimum absolute atomic E-state index is 0.333. The van der Waals surface area contributed by atoms with Crippen LogP contribution >= 0.6 is 0 Å². The molecule has 1 heterocycles. The molecular formula is C17H22N2O2. The average Bonchev–Trinajstić information content (AvgIpc) is 2.99. The Hall–Kier alpha value is -1.65. The van der Waals surface area contributed by atoms with Gasteiger partial charge in [-0.05, 0) is 31.4 Å². The van der Waals surface area contributed by atoms with E-state index < -0.39 is 0 Å². The lowest BCUT2D eigenvalue weighted by Crippen LogP contribution is -2.36. The van der Waals surface area contributed by atoms with Crippen LogP contribution in [0.5, 0.6) is 5.75 Å². The Labute approximate surface area is 125 Å². The van der Waals surface area contributed by atoms with Crippen LogP contribution in [0.25, 0.3) is 10.9 Å². The first-order valence-electron chi connectivity index (χ1n) is 7.50. The topological polar surface area (TPSA) is 43.4 Å². The highest BCUT2D eigenvalue weighted by Gasteiger charge is 2.26. The summed E-state index contributed by atoms with van der Waals surface area (Å²) in [7, 11) is 3.48. The van der Waals surface area contributed by atoms with E-state index >= 15 is 0 Å². The van der Waals surface area contributed by atoms with Crippen LogP contribution in [-0.2, 0) is 11.3 Å². The third-order valence-electron chi connectivity index (χ3n) is 4.26. The van der Waals surface area contributed by atoms with E-state index in [-0.39, 0.29) is 0 Å². The molecule has 2 aromatic rings. The Balaban J connectivity index is 1.75. The summed E-state index contributed by atoms with van der Waals surface area (Å²) in [4.78, 5) is 4.73. The summed E-state index contributed by atoms with van der Waals surface area (Å²) in [6.45, 7) is 0.762. The molecule has 2 atom stereocenters. The summed E-state index contributed by atoms with van der Waals surface area (Å²) in [5.74, 6) is 0.824. The number of rotatable bonds is 5. The summed E-state index contributed by atoms with van der Waals surface area (Å²) in [6.07, 6.45) is 3.89. The van der Waals surface area contributed by atoms with Crippen LogP contribution in [-0.4, -0.2) is 31.3 Å². The van der Waals surface area contributed by atoms with E-state index in [9.17, 15) is 0 Å². The van der Waals surface area contributed by atoms with Crippen LogP contribution < -0.4 is 10.1 Å². The molecule has 0 amide bonds. The number of ether oxygens (including phenoxy) is 2. The minimum Gasteiger partial charge on any atom is -0.494 e. The molecular weight excluding hydrogens is 264 g/mol. The molecule has 0 aliphatic heterocycles. The van der Waals surface area contributed by atoms with Crippen molar-refractivity contribution in [1.29, 1.82) is 0 Å². The third-order valence-corrected chi connectivity index (χ3v) is 4.26. The van der Waals surface area contributed by atoms with E-state index in [1.807, 2.05) is 12.1 Å². The number of pyridine rings is 1. The van der Waals surface area contributed by atoms with Crippen molar-refractivity contribution in [3.8, 4) is 5.75 Å². The maximum atomic E-state index is 5.52. The lowest BCUT2D eigenvalue weighted by molar-refractivity contribution is 0.0846. The van der Waals surface area contributed by atoms with Gasteiger partial charge in [0.05, 0.1) is 18.9 Å². The van der Waals surface area contributed by atoms with Gasteiger partial charge in [0, 0.05) is 25.1 Å².